The van der Waals surface area contributed by atoms with E-state index in [0.29, 0.717) is 50.5 Å². The number of Topliss-reactive ketones (excluding diaryl/α,β-unsaturated/α-hetero) is 3. The lowest BCUT2D eigenvalue weighted by Gasteiger charge is -2.45. The van der Waals surface area contributed by atoms with Gasteiger partial charge in [-0.15, -0.1) is 0 Å². The summed E-state index contributed by atoms with van der Waals surface area (Å²) in [6.07, 6.45) is 9.18. The number of methoxy groups -OCH3 is 4. The Morgan fingerprint density at radius 1 is 0.821 bits per heavy atom. The standard InChI is InChI=1S/C52H81NO14/c1-30-17-13-12-14-18-31(2)41(62-8)29-45-44(64-10)26-36(7)52(61,67-45)49(58)50(59)53-22-16-15-19-38(53)51(60)66-42(33(4)25-37-20-21-39(54)43(27-37)63-9)28-40(55)32(3)24-35(6)47(57)48(65-11)46(56)34(5)23-30/h12-14,17-18,24,30,32-34,36-39,41-45,47-48,54,57,61H,15-16,19-23,25-29H2,1-11H3/b14-12?,17-13+,31-18?,35-24-/t30-,32+,33-,34-,36-,37-,38+,39-,41+,42+,43-,44+,45-,47-,48+,52-/m1/s1. The summed E-state index contributed by atoms with van der Waals surface area (Å²) in [6, 6.07) is -1.17. The highest BCUT2D eigenvalue weighted by Crippen LogP contribution is 2.39. The molecule has 1 amide bonds. The maximum Gasteiger partial charge on any atom is 0.329 e. The molecule has 0 unspecified atom stereocenters. The molecule has 16 atom stereocenters. The summed E-state index contributed by atoms with van der Waals surface area (Å²) in [4.78, 5) is 72.2. The van der Waals surface area contributed by atoms with Crippen LogP contribution in [0.1, 0.15) is 119 Å². The van der Waals surface area contributed by atoms with E-state index in [1.54, 1.807) is 41.1 Å². The van der Waals surface area contributed by atoms with Crippen molar-refractivity contribution in [3.8, 4) is 0 Å². The second kappa shape index (κ2) is 26.0. The van der Waals surface area contributed by atoms with Crippen molar-refractivity contribution in [1.29, 1.82) is 0 Å². The Balaban J connectivity index is 1.73. The fraction of sp³-hybridized carbons (Fsp3) is 0.750. The van der Waals surface area contributed by atoms with Gasteiger partial charge in [-0.1, -0.05) is 71.1 Å². The highest BCUT2D eigenvalue weighted by atomic mass is 16.7. The number of allylic oxidation sites excluding steroid dienone is 6. The molecule has 0 aromatic heterocycles. The normalized spacial score (nSPS) is 39.4. The third kappa shape index (κ3) is 14.6. The maximum absolute atomic E-state index is 14.4. The number of fused-ring (bicyclic) bond motifs is 3. The van der Waals surface area contributed by atoms with Crippen LogP contribution in [0.3, 0.4) is 0 Å². The highest BCUT2D eigenvalue weighted by molar-refractivity contribution is 6.39. The molecule has 378 valence electrons. The first kappa shape index (κ1) is 56.2. The van der Waals surface area contributed by atoms with Crippen LogP contribution < -0.4 is 0 Å². The van der Waals surface area contributed by atoms with Gasteiger partial charge in [-0.05, 0) is 101 Å². The zero-order valence-electron chi connectivity index (χ0n) is 41.9. The lowest BCUT2D eigenvalue weighted by molar-refractivity contribution is -0.289. The van der Waals surface area contributed by atoms with Crippen LogP contribution in [0.25, 0.3) is 0 Å². The zero-order valence-corrected chi connectivity index (χ0v) is 41.9. The number of aliphatic hydroxyl groups is 3. The summed E-state index contributed by atoms with van der Waals surface area (Å²) >= 11 is 0. The van der Waals surface area contributed by atoms with Crippen molar-refractivity contribution in [2.45, 2.75) is 180 Å². The first-order chi connectivity index (χ1) is 31.7. The molecule has 3 aliphatic heterocycles. The monoisotopic (exact) mass is 944 g/mol. The van der Waals surface area contributed by atoms with Crippen molar-refractivity contribution >= 4 is 29.2 Å². The van der Waals surface area contributed by atoms with Gasteiger partial charge in [-0.25, -0.2) is 4.79 Å². The lowest BCUT2D eigenvalue weighted by atomic mass is 9.78. The average molecular weight is 944 g/mol. The Hall–Kier alpha value is -3.41. The van der Waals surface area contributed by atoms with Crippen LogP contribution in [0.15, 0.2) is 47.6 Å². The summed E-state index contributed by atoms with van der Waals surface area (Å²) in [7, 11) is 6.01. The van der Waals surface area contributed by atoms with Crippen molar-refractivity contribution in [2.24, 2.45) is 35.5 Å². The molecule has 3 heterocycles. The third-order valence-corrected chi connectivity index (χ3v) is 14.8. The minimum absolute atomic E-state index is 0.00170. The molecular weight excluding hydrogens is 863 g/mol. The molecule has 3 N–H and O–H groups in total. The van der Waals surface area contributed by atoms with E-state index < -0.39 is 90.0 Å². The van der Waals surface area contributed by atoms with Gasteiger partial charge in [-0.2, -0.15) is 0 Å². The predicted octanol–water partition coefficient (Wildman–Crippen LogP) is 5.81. The lowest BCUT2D eigenvalue weighted by Crippen LogP contribution is -2.63. The van der Waals surface area contributed by atoms with Crippen LogP contribution in [0.4, 0.5) is 0 Å². The minimum atomic E-state index is -2.53. The molecule has 15 nitrogen and oxygen atoms in total. The number of ether oxygens (including phenoxy) is 6. The molecule has 0 spiro atoms. The largest absolute Gasteiger partial charge is 0.460 e. The van der Waals surface area contributed by atoms with Crippen LogP contribution in [-0.2, 0) is 52.4 Å². The fourth-order valence-electron chi connectivity index (χ4n) is 10.4. The Bertz CT molecular complexity index is 1810. The van der Waals surface area contributed by atoms with Gasteiger partial charge in [0.25, 0.3) is 11.7 Å². The van der Waals surface area contributed by atoms with Crippen LogP contribution in [0.2, 0.25) is 0 Å². The van der Waals surface area contributed by atoms with Gasteiger partial charge in [0.15, 0.2) is 5.78 Å². The van der Waals surface area contributed by atoms with Crippen molar-refractivity contribution in [3.63, 3.8) is 0 Å². The molecule has 0 aromatic carbocycles. The van der Waals surface area contributed by atoms with E-state index in [1.807, 2.05) is 58.1 Å². The molecule has 0 radical (unpaired) electrons. The van der Waals surface area contributed by atoms with Gasteiger partial charge in [0, 0.05) is 65.6 Å². The van der Waals surface area contributed by atoms with Gasteiger partial charge in [-0.3, -0.25) is 19.2 Å². The first-order valence-electron chi connectivity index (χ1n) is 24.4. The number of carbonyl (C=O) groups is 5. The average Bonchev–Trinajstić information content (AvgIpc) is 3.30. The van der Waals surface area contributed by atoms with Gasteiger partial charge in [0.1, 0.15) is 30.1 Å². The fourth-order valence-corrected chi connectivity index (χ4v) is 10.4. The summed E-state index contributed by atoms with van der Waals surface area (Å²) in [5.41, 5.74) is 1.21. The van der Waals surface area contributed by atoms with E-state index in [0.717, 1.165) is 5.57 Å². The van der Waals surface area contributed by atoms with E-state index in [-0.39, 0.29) is 67.7 Å². The smallest absolute Gasteiger partial charge is 0.329 e. The molecule has 0 aromatic rings. The van der Waals surface area contributed by atoms with E-state index in [9.17, 15) is 39.3 Å². The molecule has 1 saturated carbocycles. The summed E-state index contributed by atoms with van der Waals surface area (Å²) < 4.78 is 35.3. The van der Waals surface area contributed by atoms with Gasteiger partial charge < -0.3 is 48.6 Å². The van der Waals surface area contributed by atoms with Gasteiger partial charge in [0.05, 0.1) is 30.5 Å². The van der Waals surface area contributed by atoms with Gasteiger partial charge >= 0.3 is 5.97 Å². The predicted molar refractivity (Wildman–Crippen MR) is 251 cm³/mol. The van der Waals surface area contributed by atoms with Crippen molar-refractivity contribution in [2.75, 3.05) is 35.0 Å². The van der Waals surface area contributed by atoms with Crippen molar-refractivity contribution < 1.29 is 67.7 Å². The number of ketones is 3. The molecule has 2 bridgehead atoms. The molecule has 67 heavy (non-hydrogen) atoms. The number of amides is 1. The highest BCUT2D eigenvalue weighted by Gasteiger charge is 2.55. The van der Waals surface area contributed by atoms with Crippen LogP contribution >= 0.6 is 0 Å². The number of rotatable bonds is 7. The number of cyclic esters (lactones) is 1. The van der Waals surface area contributed by atoms with E-state index in [1.165, 1.54) is 19.1 Å². The Morgan fingerprint density at radius 2 is 1.52 bits per heavy atom. The Kier molecular flexibility index (Phi) is 21.8. The third-order valence-electron chi connectivity index (χ3n) is 14.8. The molecule has 4 aliphatic rings. The Morgan fingerprint density at radius 3 is 2.18 bits per heavy atom. The molecular formula is C52H81NO14. The minimum Gasteiger partial charge on any atom is -0.460 e. The Labute approximate surface area is 398 Å². The molecule has 3 fully saturated rings. The molecule has 1 aliphatic carbocycles. The molecule has 4 rings (SSSR count). The topological polar surface area (TPSA) is 205 Å². The number of nitrogens with zero attached hydrogens (tertiary/aromatic N) is 1. The number of hydrogen-bond acceptors (Lipinski definition) is 14. The number of carbonyl (C=O) groups excluding carboxylic acids is 5. The van der Waals surface area contributed by atoms with Gasteiger partial charge in [0.2, 0.25) is 5.79 Å². The van der Waals surface area contributed by atoms with E-state index in [4.69, 9.17) is 28.4 Å². The van der Waals surface area contributed by atoms with Crippen molar-refractivity contribution in [1.82, 2.24) is 4.90 Å². The van der Waals surface area contributed by atoms with Crippen LogP contribution in [-0.4, -0.2) is 145 Å². The first-order valence-corrected chi connectivity index (χ1v) is 24.4. The molecule has 15 heteroatoms. The quantitative estimate of drug-likeness (QED) is 0.157. The summed E-state index contributed by atoms with van der Waals surface area (Å²) in [6.45, 7) is 12.6. The SMILES string of the molecule is CO[C@H]1C[C@H]2O[C@@](O)(C(=O)C(=O)N3CCCC[C@H]3C(=O)O[C@H]([C@H](C)C[C@H]3CC[C@@H](O)[C@H](OC)C3)CC(=O)[C@@H](C)/C=C(/C)[C@@H](O)[C@@H](OC)C(=O)[C@H](C)C[C@H](C)/C=C/C=CC=C1C)[C@H](C)C[C@@H]2OC. The number of piperidine rings is 1. The zero-order chi connectivity index (χ0) is 49.7. The number of hydrogen-bond donors (Lipinski definition) is 3. The van der Waals surface area contributed by atoms with Crippen LogP contribution in [0.5, 0.6) is 0 Å². The number of esters is 1. The van der Waals surface area contributed by atoms with Crippen molar-refractivity contribution in [3.05, 3.63) is 47.6 Å². The van der Waals surface area contributed by atoms with Crippen LogP contribution in [0, 0.1) is 35.5 Å². The second-order valence-electron chi connectivity index (χ2n) is 19.9. The van der Waals surface area contributed by atoms with E-state index in [2.05, 4.69) is 0 Å². The summed E-state index contributed by atoms with van der Waals surface area (Å²) in [5, 5.41) is 34.0. The maximum atomic E-state index is 14.4. The summed E-state index contributed by atoms with van der Waals surface area (Å²) in [5.74, 6) is -8.40. The second-order valence-corrected chi connectivity index (χ2v) is 19.9. The van der Waals surface area contributed by atoms with E-state index >= 15 is 0 Å². The number of aliphatic hydroxyl groups excluding tert-OH is 2. The molecule has 2 saturated heterocycles.